The molecule has 0 aliphatic carbocycles. The maximum atomic E-state index is 11.4. The van der Waals surface area contributed by atoms with Crippen LogP contribution in [0.25, 0.3) is 0 Å². The molecule has 0 radical (unpaired) electrons. The van der Waals surface area contributed by atoms with E-state index in [0.717, 1.165) is 12.0 Å². The molecule has 1 unspecified atom stereocenters. The number of amides is 1. The van der Waals surface area contributed by atoms with E-state index in [9.17, 15) is 4.79 Å². The zero-order valence-electron chi connectivity index (χ0n) is 10.3. The van der Waals surface area contributed by atoms with Crippen LogP contribution in [0.1, 0.15) is 31.7 Å². The molecule has 1 aliphatic heterocycles. The van der Waals surface area contributed by atoms with E-state index in [0.29, 0.717) is 17.1 Å². The van der Waals surface area contributed by atoms with E-state index in [1.54, 1.807) is 0 Å². The molecule has 2 nitrogen and oxygen atoms in total. The largest absolute Gasteiger partial charge is 0.352 e. The fourth-order valence-electron chi connectivity index (χ4n) is 1.84. The standard InChI is InChI=1S/C12H12ClNO.C2H6/c1-8-11(6-7-14-12(8)15)9-2-4-10(13)5-3-9;1-2/h2-5,11H,1,6-7H2,(H,14,15);1-2H3. The minimum absolute atomic E-state index is 0.0406. The highest BCUT2D eigenvalue weighted by Crippen LogP contribution is 2.29. The summed E-state index contributed by atoms with van der Waals surface area (Å²) in [6.45, 7) is 8.54. The number of piperidine rings is 1. The third-order valence-corrected chi connectivity index (χ3v) is 2.96. The smallest absolute Gasteiger partial charge is 0.247 e. The number of carbonyl (C=O) groups is 1. The topological polar surface area (TPSA) is 29.1 Å². The van der Waals surface area contributed by atoms with Gasteiger partial charge in [-0.25, -0.2) is 0 Å². The summed E-state index contributed by atoms with van der Waals surface area (Å²) in [7, 11) is 0. The summed E-state index contributed by atoms with van der Waals surface area (Å²) in [5, 5.41) is 3.49. The number of nitrogens with one attached hydrogen (secondary N) is 1. The molecule has 1 fully saturated rings. The quantitative estimate of drug-likeness (QED) is 0.761. The van der Waals surface area contributed by atoms with Gasteiger partial charge in [0, 0.05) is 23.1 Å². The van der Waals surface area contributed by atoms with Crippen molar-refractivity contribution < 1.29 is 4.79 Å². The molecule has 2 rings (SSSR count). The Bertz CT molecular complexity index is 397. The molecule has 1 atom stereocenters. The minimum Gasteiger partial charge on any atom is -0.352 e. The fourth-order valence-corrected chi connectivity index (χ4v) is 1.96. The number of hydrogen-bond donors (Lipinski definition) is 1. The molecule has 1 aromatic carbocycles. The van der Waals surface area contributed by atoms with E-state index in [1.165, 1.54) is 0 Å². The van der Waals surface area contributed by atoms with Crippen LogP contribution in [-0.4, -0.2) is 12.5 Å². The van der Waals surface area contributed by atoms with Crippen LogP contribution in [0.3, 0.4) is 0 Å². The van der Waals surface area contributed by atoms with Gasteiger partial charge in [-0.3, -0.25) is 4.79 Å². The fraction of sp³-hybridized carbons (Fsp3) is 0.357. The van der Waals surface area contributed by atoms with Crippen LogP contribution in [0, 0.1) is 0 Å². The van der Waals surface area contributed by atoms with Gasteiger partial charge in [-0.15, -0.1) is 0 Å². The van der Waals surface area contributed by atoms with Crippen LogP contribution < -0.4 is 5.32 Å². The molecular formula is C14H18ClNO. The van der Waals surface area contributed by atoms with E-state index in [-0.39, 0.29) is 11.8 Å². The lowest BCUT2D eigenvalue weighted by Crippen LogP contribution is -2.34. The van der Waals surface area contributed by atoms with Crippen LogP contribution in [-0.2, 0) is 4.79 Å². The van der Waals surface area contributed by atoms with Gasteiger partial charge in [0.1, 0.15) is 0 Å². The Morgan fingerprint density at radius 1 is 1.29 bits per heavy atom. The highest BCUT2D eigenvalue weighted by atomic mass is 35.5. The summed E-state index contributed by atoms with van der Waals surface area (Å²) >= 11 is 5.81. The van der Waals surface area contributed by atoms with E-state index in [2.05, 4.69) is 11.9 Å². The molecule has 0 saturated carbocycles. The summed E-state index contributed by atoms with van der Waals surface area (Å²) < 4.78 is 0. The predicted molar refractivity (Wildman–Crippen MR) is 72.3 cm³/mol. The summed E-state index contributed by atoms with van der Waals surface area (Å²) in [5.41, 5.74) is 1.75. The van der Waals surface area contributed by atoms with Gasteiger partial charge in [0.05, 0.1) is 0 Å². The molecule has 17 heavy (non-hydrogen) atoms. The summed E-state index contributed by atoms with van der Waals surface area (Å²) in [6, 6.07) is 7.60. The van der Waals surface area contributed by atoms with Gasteiger partial charge in [0.25, 0.3) is 0 Å². The Morgan fingerprint density at radius 3 is 2.47 bits per heavy atom. The first-order valence-electron chi connectivity index (χ1n) is 5.91. The average molecular weight is 252 g/mol. The second-order valence-corrected chi connectivity index (χ2v) is 4.11. The molecular weight excluding hydrogens is 234 g/mol. The second kappa shape index (κ2) is 6.45. The van der Waals surface area contributed by atoms with Gasteiger partial charge in [0.15, 0.2) is 0 Å². The van der Waals surface area contributed by atoms with Crippen LogP contribution in [0.2, 0.25) is 5.02 Å². The third-order valence-electron chi connectivity index (χ3n) is 2.70. The van der Waals surface area contributed by atoms with Crippen molar-refractivity contribution in [1.29, 1.82) is 0 Å². The molecule has 1 aliphatic rings. The van der Waals surface area contributed by atoms with Crippen molar-refractivity contribution in [2.24, 2.45) is 0 Å². The molecule has 1 heterocycles. The zero-order chi connectivity index (χ0) is 12.8. The van der Waals surface area contributed by atoms with Crippen molar-refractivity contribution in [3.8, 4) is 0 Å². The van der Waals surface area contributed by atoms with Crippen molar-refractivity contribution in [2.75, 3.05) is 6.54 Å². The van der Waals surface area contributed by atoms with Gasteiger partial charge >= 0.3 is 0 Å². The Balaban J connectivity index is 0.000000686. The lowest BCUT2D eigenvalue weighted by Gasteiger charge is -2.24. The molecule has 1 N–H and O–H groups in total. The van der Waals surface area contributed by atoms with Crippen LogP contribution in [0.5, 0.6) is 0 Å². The number of halogens is 1. The van der Waals surface area contributed by atoms with Gasteiger partial charge < -0.3 is 5.32 Å². The number of carbonyl (C=O) groups excluding carboxylic acids is 1. The van der Waals surface area contributed by atoms with Gasteiger partial charge in [-0.1, -0.05) is 44.2 Å². The number of benzene rings is 1. The minimum atomic E-state index is -0.0406. The molecule has 1 aromatic rings. The Morgan fingerprint density at radius 2 is 1.88 bits per heavy atom. The number of rotatable bonds is 1. The number of hydrogen-bond acceptors (Lipinski definition) is 1. The van der Waals surface area contributed by atoms with Crippen molar-refractivity contribution >= 4 is 17.5 Å². The first-order chi connectivity index (χ1) is 8.18. The Kier molecular flexibility index (Phi) is 5.23. The maximum absolute atomic E-state index is 11.4. The van der Waals surface area contributed by atoms with E-state index < -0.39 is 0 Å². The first-order valence-corrected chi connectivity index (χ1v) is 6.29. The van der Waals surface area contributed by atoms with Crippen molar-refractivity contribution in [3.05, 3.63) is 47.0 Å². The first kappa shape index (κ1) is 13.8. The van der Waals surface area contributed by atoms with E-state index >= 15 is 0 Å². The molecule has 3 heteroatoms. The molecule has 1 amide bonds. The Labute approximate surface area is 108 Å². The summed E-state index contributed by atoms with van der Waals surface area (Å²) in [5.74, 6) is 0.0946. The van der Waals surface area contributed by atoms with Gasteiger partial charge in [-0.2, -0.15) is 0 Å². The normalized spacial score (nSPS) is 19.1. The lowest BCUT2D eigenvalue weighted by molar-refractivity contribution is -0.118. The SMILES string of the molecule is C=C1C(=O)NCCC1c1ccc(Cl)cc1.CC. The van der Waals surface area contributed by atoms with E-state index in [4.69, 9.17) is 11.6 Å². The third kappa shape index (κ3) is 3.34. The predicted octanol–water partition coefficient (Wildman–Crippen LogP) is 3.53. The second-order valence-electron chi connectivity index (χ2n) is 3.67. The highest BCUT2D eigenvalue weighted by Gasteiger charge is 2.24. The van der Waals surface area contributed by atoms with Crippen molar-refractivity contribution in [1.82, 2.24) is 5.32 Å². The maximum Gasteiger partial charge on any atom is 0.247 e. The van der Waals surface area contributed by atoms with Crippen LogP contribution >= 0.6 is 11.6 Å². The van der Waals surface area contributed by atoms with Crippen LogP contribution in [0.15, 0.2) is 36.4 Å². The molecule has 92 valence electrons. The van der Waals surface area contributed by atoms with Crippen molar-refractivity contribution in [3.63, 3.8) is 0 Å². The zero-order valence-corrected chi connectivity index (χ0v) is 11.1. The van der Waals surface area contributed by atoms with Gasteiger partial charge in [0.2, 0.25) is 5.91 Å². The van der Waals surface area contributed by atoms with Crippen LogP contribution in [0.4, 0.5) is 0 Å². The van der Waals surface area contributed by atoms with Gasteiger partial charge in [-0.05, 0) is 24.1 Å². The monoisotopic (exact) mass is 251 g/mol. The highest BCUT2D eigenvalue weighted by molar-refractivity contribution is 6.30. The molecule has 0 spiro atoms. The molecule has 0 aromatic heterocycles. The molecule has 0 bridgehead atoms. The van der Waals surface area contributed by atoms with Crippen molar-refractivity contribution in [2.45, 2.75) is 26.2 Å². The summed E-state index contributed by atoms with van der Waals surface area (Å²) in [6.07, 6.45) is 0.909. The average Bonchev–Trinajstić information content (AvgIpc) is 2.37. The van der Waals surface area contributed by atoms with E-state index in [1.807, 2.05) is 38.1 Å². The Hall–Kier alpha value is -1.28. The molecule has 1 saturated heterocycles. The summed E-state index contributed by atoms with van der Waals surface area (Å²) in [4.78, 5) is 11.4. The lowest BCUT2D eigenvalue weighted by atomic mass is 9.86.